The number of nitrogens with zero attached hydrogens (tertiary/aromatic N) is 2. The molecule has 2 aromatic heterocycles. The molecule has 0 amide bonds. The summed E-state index contributed by atoms with van der Waals surface area (Å²) in [7, 11) is 0. The summed E-state index contributed by atoms with van der Waals surface area (Å²) in [5.41, 5.74) is 12.1. The number of anilines is 1. The standard InChI is InChI=1S/C17H19N3/c1-11(2)13-4-6-14(7-5-13)16-10-20-9-15(18)8-12(3)17(20)19-16/h4-11H,18H2,1-3H3. The quantitative estimate of drug-likeness (QED) is 0.760. The van der Waals surface area contributed by atoms with Crippen LogP contribution in [-0.2, 0) is 0 Å². The largest absolute Gasteiger partial charge is 0.398 e. The second-order valence-electron chi connectivity index (χ2n) is 5.59. The fourth-order valence-electron chi connectivity index (χ4n) is 2.47. The van der Waals surface area contributed by atoms with Gasteiger partial charge in [0.1, 0.15) is 5.65 Å². The maximum atomic E-state index is 5.88. The van der Waals surface area contributed by atoms with Gasteiger partial charge in [-0.25, -0.2) is 4.98 Å². The third-order valence-electron chi connectivity index (χ3n) is 3.63. The van der Waals surface area contributed by atoms with Crippen LogP contribution in [0.2, 0.25) is 0 Å². The molecule has 2 N–H and O–H groups in total. The van der Waals surface area contributed by atoms with Crippen molar-refractivity contribution in [3.8, 4) is 11.3 Å². The van der Waals surface area contributed by atoms with Gasteiger partial charge in [0.2, 0.25) is 0 Å². The Morgan fingerprint density at radius 1 is 1.10 bits per heavy atom. The Kier molecular flexibility index (Phi) is 2.97. The van der Waals surface area contributed by atoms with Crippen LogP contribution in [0, 0.1) is 6.92 Å². The summed E-state index contributed by atoms with van der Waals surface area (Å²) in [5.74, 6) is 0.548. The Labute approximate surface area is 119 Å². The summed E-state index contributed by atoms with van der Waals surface area (Å²) in [5, 5.41) is 0. The maximum Gasteiger partial charge on any atom is 0.140 e. The van der Waals surface area contributed by atoms with Crippen molar-refractivity contribution >= 4 is 11.3 Å². The van der Waals surface area contributed by atoms with Gasteiger partial charge in [-0.1, -0.05) is 38.1 Å². The van der Waals surface area contributed by atoms with Crippen molar-refractivity contribution in [2.45, 2.75) is 26.7 Å². The van der Waals surface area contributed by atoms with Gasteiger partial charge in [-0.05, 0) is 30.0 Å². The molecule has 3 aromatic rings. The number of hydrogen-bond donors (Lipinski definition) is 1. The Morgan fingerprint density at radius 3 is 2.45 bits per heavy atom. The minimum absolute atomic E-state index is 0.548. The number of aromatic nitrogens is 2. The molecule has 0 saturated carbocycles. The lowest BCUT2D eigenvalue weighted by Crippen LogP contribution is -1.92. The van der Waals surface area contributed by atoms with Crippen LogP contribution in [0.15, 0.2) is 42.7 Å². The van der Waals surface area contributed by atoms with Crippen molar-refractivity contribution in [2.24, 2.45) is 0 Å². The summed E-state index contributed by atoms with van der Waals surface area (Å²) < 4.78 is 2.00. The fraction of sp³-hybridized carbons (Fsp3) is 0.235. The molecule has 102 valence electrons. The fourth-order valence-corrected chi connectivity index (χ4v) is 2.47. The Morgan fingerprint density at radius 2 is 1.80 bits per heavy atom. The number of rotatable bonds is 2. The van der Waals surface area contributed by atoms with Crippen molar-refractivity contribution in [3.63, 3.8) is 0 Å². The van der Waals surface area contributed by atoms with E-state index in [-0.39, 0.29) is 0 Å². The smallest absolute Gasteiger partial charge is 0.140 e. The molecular formula is C17H19N3. The zero-order valence-corrected chi connectivity index (χ0v) is 12.1. The van der Waals surface area contributed by atoms with E-state index in [4.69, 9.17) is 10.7 Å². The predicted molar refractivity (Wildman–Crippen MR) is 83.9 cm³/mol. The molecular weight excluding hydrogens is 246 g/mol. The molecule has 0 aliphatic carbocycles. The SMILES string of the molecule is Cc1cc(N)cn2cc(-c3ccc(C(C)C)cc3)nc12. The van der Waals surface area contributed by atoms with Gasteiger partial charge in [-0.3, -0.25) is 0 Å². The summed E-state index contributed by atoms with van der Waals surface area (Å²) in [6.07, 6.45) is 3.93. The number of nitrogens with two attached hydrogens (primary N) is 1. The van der Waals surface area contributed by atoms with Crippen LogP contribution in [-0.4, -0.2) is 9.38 Å². The van der Waals surface area contributed by atoms with Gasteiger partial charge in [0.05, 0.1) is 5.69 Å². The third kappa shape index (κ3) is 2.16. The lowest BCUT2D eigenvalue weighted by molar-refractivity contribution is 0.867. The summed E-state index contributed by atoms with van der Waals surface area (Å²) in [6.45, 7) is 6.43. The van der Waals surface area contributed by atoms with E-state index in [1.807, 2.05) is 29.8 Å². The number of imidazole rings is 1. The average molecular weight is 265 g/mol. The highest BCUT2D eigenvalue weighted by Gasteiger charge is 2.07. The minimum atomic E-state index is 0.548. The van der Waals surface area contributed by atoms with Crippen LogP contribution >= 0.6 is 0 Å². The molecule has 0 fully saturated rings. The third-order valence-corrected chi connectivity index (χ3v) is 3.63. The molecule has 0 aliphatic heterocycles. The van der Waals surface area contributed by atoms with E-state index in [1.165, 1.54) is 5.56 Å². The predicted octanol–water partition coefficient (Wildman–Crippen LogP) is 4.02. The molecule has 0 bridgehead atoms. The van der Waals surface area contributed by atoms with Crippen molar-refractivity contribution in [1.82, 2.24) is 9.38 Å². The summed E-state index contributed by atoms with van der Waals surface area (Å²) >= 11 is 0. The first-order valence-electron chi connectivity index (χ1n) is 6.90. The maximum absolute atomic E-state index is 5.88. The number of fused-ring (bicyclic) bond motifs is 1. The highest BCUT2D eigenvalue weighted by molar-refractivity contribution is 5.66. The monoisotopic (exact) mass is 265 g/mol. The molecule has 0 spiro atoms. The highest BCUT2D eigenvalue weighted by Crippen LogP contribution is 2.24. The summed E-state index contributed by atoms with van der Waals surface area (Å²) in [4.78, 5) is 4.71. The second-order valence-corrected chi connectivity index (χ2v) is 5.59. The molecule has 3 heteroatoms. The van der Waals surface area contributed by atoms with Crippen molar-refractivity contribution in [2.75, 3.05) is 5.73 Å². The van der Waals surface area contributed by atoms with Gasteiger partial charge < -0.3 is 10.1 Å². The summed E-state index contributed by atoms with van der Waals surface area (Å²) in [6, 6.07) is 10.6. The van der Waals surface area contributed by atoms with Gasteiger partial charge in [0.15, 0.2) is 0 Å². The van der Waals surface area contributed by atoms with Gasteiger partial charge >= 0.3 is 0 Å². The van der Waals surface area contributed by atoms with Gasteiger partial charge in [-0.2, -0.15) is 0 Å². The first-order chi connectivity index (χ1) is 9.54. The van der Waals surface area contributed by atoms with E-state index in [9.17, 15) is 0 Å². The molecule has 3 rings (SSSR count). The zero-order chi connectivity index (χ0) is 14.3. The number of benzene rings is 1. The van der Waals surface area contributed by atoms with E-state index in [1.54, 1.807) is 0 Å². The molecule has 3 nitrogen and oxygen atoms in total. The van der Waals surface area contributed by atoms with Crippen molar-refractivity contribution in [1.29, 1.82) is 0 Å². The number of pyridine rings is 1. The first kappa shape index (κ1) is 12.7. The van der Waals surface area contributed by atoms with Gasteiger partial charge in [-0.15, -0.1) is 0 Å². The van der Waals surface area contributed by atoms with Crippen molar-refractivity contribution in [3.05, 3.63) is 53.9 Å². The highest BCUT2D eigenvalue weighted by atomic mass is 15.0. The lowest BCUT2D eigenvalue weighted by Gasteiger charge is -2.05. The van der Waals surface area contributed by atoms with E-state index < -0.39 is 0 Å². The van der Waals surface area contributed by atoms with Crippen LogP contribution in [0.5, 0.6) is 0 Å². The average Bonchev–Trinajstić information content (AvgIpc) is 2.83. The van der Waals surface area contributed by atoms with E-state index in [2.05, 4.69) is 38.1 Å². The molecule has 0 radical (unpaired) electrons. The molecule has 20 heavy (non-hydrogen) atoms. The number of nitrogen functional groups attached to an aromatic ring is 1. The molecule has 0 atom stereocenters. The van der Waals surface area contributed by atoms with Crippen molar-refractivity contribution < 1.29 is 0 Å². The van der Waals surface area contributed by atoms with Crippen LogP contribution in [0.4, 0.5) is 5.69 Å². The molecule has 0 saturated heterocycles. The Hall–Kier alpha value is -2.29. The van der Waals surface area contributed by atoms with Gasteiger partial charge in [0, 0.05) is 23.6 Å². The second kappa shape index (κ2) is 4.67. The zero-order valence-electron chi connectivity index (χ0n) is 12.1. The van der Waals surface area contributed by atoms with E-state index >= 15 is 0 Å². The van der Waals surface area contributed by atoms with Crippen LogP contribution < -0.4 is 5.73 Å². The molecule has 0 aliphatic rings. The Balaban J connectivity index is 2.08. The van der Waals surface area contributed by atoms with E-state index in [0.717, 1.165) is 28.2 Å². The van der Waals surface area contributed by atoms with E-state index in [0.29, 0.717) is 5.92 Å². The number of aryl methyl sites for hydroxylation is 1. The lowest BCUT2D eigenvalue weighted by atomic mass is 10.0. The minimum Gasteiger partial charge on any atom is -0.398 e. The normalized spacial score (nSPS) is 11.4. The Bertz CT molecular complexity index is 752. The van der Waals surface area contributed by atoms with Crippen LogP contribution in [0.3, 0.4) is 0 Å². The first-order valence-corrected chi connectivity index (χ1v) is 6.90. The van der Waals surface area contributed by atoms with Crippen LogP contribution in [0.1, 0.15) is 30.9 Å². The topological polar surface area (TPSA) is 43.3 Å². The van der Waals surface area contributed by atoms with Crippen LogP contribution in [0.25, 0.3) is 16.9 Å². The van der Waals surface area contributed by atoms with Gasteiger partial charge in [0.25, 0.3) is 0 Å². The number of hydrogen-bond acceptors (Lipinski definition) is 2. The molecule has 1 aromatic carbocycles. The molecule has 2 heterocycles. The molecule has 0 unspecified atom stereocenters.